The van der Waals surface area contributed by atoms with Gasteiger partial charge in [0.2, 0.25) is 5.91 Å². The lowest BCUT2D eigenvalue weighted by molar-refractivity contribution is -0.116. The molecule has 1 unspecified atom stereocenters. The first-order chi connectivity index (χ1) is 13.7. The zero-order chi connectivity index (χ0) is 19.8. The highest BCUT2D eigenvalue weighted by molar-refractivity contribution is 5.91. The number of pyridine rings is 1. The number of carbonyl (C=O) groups is 1. The van der Waals surface area contributed by atoms with Gasteiger partial charge in [0.05, 0.1) is 7.11 Å². The Morgan fingerprint density at radius 1 is 1.36 bits per heavy atom. The van der Waals surface area contributed by atoms with Gasteiger partial charge in [-0.3, -0.25) is 14.7 Å². The summed E-state index contributed by atoms with van der Waals surface area (Å²) in [4.78, 5) is 18.3. The first-order valence-corrected chi connectivity index (χ1v) is 9.59. The largest absolute Gasteiger partial charge is 0.497 e. The van der Waals surface area contributed by atoms with Crippen molar-refractivity contribution in [3.05, 3.63) is 59.9 Å². The van der Waals surface area contributed by atoms with Crippen molar-refractivity contribution in [1.82, 2.24) is 15.2 Å². The molecule has 1 aromatic carbocycles. The number of rotatable bonds is 7. The summed E-state index contributed by atoms with van der Waals surface area (Å²) < 4.78 is 11.5. The number of benzene rings is 1. The lowest BCUT2D eigenvalue weighted by Crippen LogP contribution is -2.38. The number of nitrogens with one attached hydrogen (secondary N) is 1. The maximum absolute atomic E-state index is 12.1. The fourth-order valence-electron chi connectivity index (χ4n) is 3.16. The Bertz CT molecular complexity index is 808. The molecule has 1 amide bonds. The SMILES string of the molecule is CCC1CN(CCNC(=O)/C=C/c2ccncc2)Cc2cc(OC)ccc2O1. The lowest BCUT2D eigenvalue weighted by Gasteiger charge is -2.23. The average molecular weight is 381 g/mol. The zero-order valence-corrected chi connectivity index (χ0v) is 16.4. The van der Waals surface area contributed by atoms with Crippen LogP contribution in [0.1, 0.15) is 24.5 Å². The second-order valence-corrected chi connectivity index (χ2v) is 6.76. The van der Waals surface area contributed by atoms with Crippen molar-refractivity contribution < 1.29 is 14.3 Å². The maximum atomic E-state index is 12.1. The first kappa shape index (κ1) is 19.9. The van der Waals surface area contributed by atoms with Crippen molar-refractivity contribution in [2.24, 2.45) is 0 Å². The van der Waals surface area contributed by atoms with Crippen LogP contribution in [0, 0.1) is 0 Å². The Labute approximate surface area is 166 Å². The van der Waals surface area contributed by atoms with Gasteiger partial charge in [-0.2, -0.15) is 0 Å². The molecule has 0 saturated carbocycles. The molecule has 1 aliphatic heterocycles. The van der Waals surface area contributed by atoms with E-state index in [9.17, 15) is 4.79 Å². The molecule has 0 radical (unpaired) electrons. The minimum Gasteiger partial charge on any atom is -0.497 e. The van der Waals surface area contributed by atoms with Crippen LogP contribution < -0.4 is 14.8 Å². The Kier molecular flexibility index (Phi) is 7.03. The molecule has 0 bridgehead atoms. The molecule has 2 heterocycles. The van der Waals surface area contributed by atoms with Crippen molar-refractivity contribution in [2.75, 3.05) is 26.7 Å². The van der Waals surface area contributed by atoms with Crippen LogP contribution in [0.25, 0.3) is 6.08 Å². The van der Waals surface area contributed by atoms with Crippen LogP contribution in [0.5, 0.6) is 11.5 Å². The third-order valence-electron chi connectivity index (χ3n) is 4.73. The molecule has 0 fully saturated rings. The van der Waals surface area contributed by atoms with Crippen molar-refractivity contribution in [2.45, 2.75) is 26.0 Å². The topological polar surface area (TPSA) is 63.7 Å². The fraction of sp³-hybridized carbons (Fsp3) is 0.364. The van der Waals surface area contributed by atoms with Crippen molar-refractivity contribution in [3.8, 4) is 11.5 Å². The number of aromatic nitrogens is 1. The number of fused-ring (bicyclic) bond motifs is 1. The van der Waals surface area contributed by atoms with Crippen LogP contribution in [0.15, 0.2) is 48.8 Å². The van der Waals surface area contributed by atoms with E-state index in [1.54, 1.807) is 31.7 Å². The van der Waals surface area contributed by atoms with Gasteiger partial charge in [0, 0.05) is 50.2 Å². The molecule has 0 saturated heterocycles. The van der Waals surface area contributed by atoms with Gasteiger partial charge in [-0.15, -0.1) is 0 Å². The summed E-state index contributed by atoms with van der Waals surface area (Å²) in [5.74, 6) is 1.64. The second kappa shape index (κ2) is 9.90. The van der Waals surface area contributed by atoms with E-state index in [1.165, 1.54) is 0 Å². The smallest absolute Gasteiger partial charge is 0.244 e. The number of amides is 1. The van der Waals surface area contributed by atoms with Crippen LogP contribution >= 0.6 is 0 Å². The third kappa shape index (κ3) is 5.57. The molecule has 1 aliphatic rings. The molecule has 148 valence electrons. The molecule has 6 heteroatoms. The minimum atomic E-state index is -0.100. The van der Waals surface area contributed by atoms with E-state index in [-0.39, 0.29) is 12.0 Å². The van der Waals surface area contributed by atoms with Crippen LogP contribution in [0.2, 0.25) is 0 Å². The van der Waals surface area contributed by atoms with Crippen molar-refractivity contribution in [1.29, 1.82) is 0 Å². The van der Waals surface area contributed by atoms with Gasteiger partial charge >= 0.3 is 0 Å². The highest BCUT2D eigenvalue weighted by Crippen LogP contribution is 2.29. The van der Waals surface area contributed by atoms with Crippen LogP contribution in [0.3, 0.4) is 0 Å². The summed E-state index contributed by atoms with van der Waals surface area (Å²) in [6.45, 7) is 5.06. The predicted molar refractivity (Wildman–Crippen MR) is 109 cm³/mol. The molecule has 0 spiro atoms. The zero-order valence-electron chi connectivity index (χ0n) is 16.4. The van der Waals surface area contributed by atoms with Crippen molar-refractivity contribution in [3.63, 3.8) is 0 Å². The Morgan fingerprint density at radius 2 is 2.18 bits per heavy atom. The van der Waals surface area contributed by atoms with Crippen LogP contribution in [-0.4, -0.2) is 48.6 Å². The van der Waals surface area contributed by atoms with E-state index in [0.29, 0.717) is 6.54 Å². The van der Waals surface area contributed by atoms with E-state index < -0.39 is 0 Å². The highest BCUT2D eigenvalue weighted by Gasteiger charge is 2.22. The number of ether oxygens (including phenoxy) is 2. The van der Waals surface area contributed by atoms with Gasteiger partial charge in [-0.25, -0.2) is 0 Å². The molecule has 1 atom stereocenters. The molecule has 3 rings (SSSR count). The summed E-state index contributed by atoms with van der Waals surface area (Å²) in [5.41, 5.74) is 2.06. The standard InChI is InChI=1S/C22H27N3O3/c1-3-19-16-25(15-18-14-20(27-2)5-6-21(18)28-19)13-12-24-22(26)7-4-17-8-10-23-11-9-17/h4-11,14,19H,3,12-13,15-16H2,1-2H3,(H,24,26)/b7-4+. The summed E-state index contributed by atoms with van der Waals surface area (Å²) in [6.07, 6.45) is 7.81. The number of nitrogens with zero attached hydrogens (tertiary/aromatic N) is 2. The van der Waals surface area contributed by atoms with E-state index in [1.807, 2.05) is 30.3 Å². The Balaban J connectivity index is 1.55. The molecule has 0 aliphatic carbocycles. The summed E-state index contributed by atoms with van der Waals surface area (Å²) in [6, 6.07) is 9.65. The third-order valence-corrected chi connectivity index (χ3v) is 4.73. The highest BCUT2D eigenvalue weighted by atomic mass is 16.5. The number of hydrogen-bond acceptors (Lipinski definition) is 5. The Morgan fingerprint density at radius 3 is 2.93 bits per heavy atom. The quantitative estimate of drug-likeness (QED) is 0.747. The van der Waals surface area contributed by atoms with Gasteiger partial charge in [0.25, 0.3) is 0 Å². The maximum Gasteiger partial charge on any atom is 0.244 e. The molecule has 2 aromatic rings. The van der Waals surface area contributed by atoms with Gasteiger partial charge in [0.15, 0.2) is 0 Å². The van der Waals surface area contributed by atoms with Gasteiger partial charge in [-0.05, 0) is 48.4 Å². The predicted octanol–water partition coefficient (Wildman–Crippen LogP) is 2.89. The summed E-state index contributed by atoms with van der Waals surface area (Å²) >= 11 is 0. The van der Waals surface area contributed by atoms with Crippen LogP contribution in [-0.2, 0) is 11.3 Å². The average Bonchev–Trinajstić information content (AvgIpc) is 2.91. The summed E-state index contributed by atoms with van der Waals surface area (Å²) in [5, 5.41) is 2.95. The van der Waals surface area contributed by atoms with Crippen LogP contribution in [0.4, 0.5) is 0 Å². The molecule has 1 N–H and O–H groups in total. The van der Waals surface area contributed by atoms with E-state index in [2.05, 4.69) is 22.1 Å². The lowest BCUT2D eigenvalue weighted by atomic mass is 10.2. The van der Waals surface area contributed by atoms with E-state index in [0.717, 1.165) is 48.7 Å². The fourth-order valence-corrected chi connectivity index (χ4v) is 3.16. The van der Waals surface area contributed by atoms with Gasteiger partial charge < -0.3 is 14.8 Å². The molecule has 6 nitrogen and oxygen atoms in total. The van der Waals surface area contributed by atoms with Gasteiger partial charge in [0.1, 0.15) is 17.6 Å². The molecular formula is C22H27N3O3. The van der Waals surface area contributed by atoms with Crippen molar-refractivity contribution >= 4 is 12.0 Å². The van der Waals surface area contributed by atoms with E-state index in [4.69, 9.17) is 9.47 Å². The normalized spacial score (nSPS) is 16.9. The molecule has 1 aromatic heterocycles. The molecule has 28 heavy (non-hydrogen) atoms. The number of hydrogen-bond donors (Lipinski definition) is 1. The first-order valence-electron chi connectivity index (χ1n) is 9.59. The minimum absolute atomic E-state index is 0.100. The summed E-state index contributed by atoms with van der Waals surface area (Å²) in [7, 11) is 1.67. The Hall–Kier alpha value is -2.86. The monoisotopic (exact) mass is 381 g/mol. The molecular weight excluding hydrogens is 354 g/mol. The second-order valence-electron chi connectivity index (χ2n) is 6.76. The van der Waals surface area contributed by atoms with E-state index >= 15 is 0 Å². The van der Waals surface area contributed by atoms with Gasteiger partial charge in [-0.1, -0.05) is 6.92 Å². The number of methoxy groups -OCH3 is 1. The number of carbonyl (C=O) groups excluding carboxylic acids is 1.